The molecule has 0 aliphatic carbocycles. The van der Waals surface area contributed by atoms with E-state index in [1.165, 1.54) is 11.8 Å². The van der Waals surface area contributed by atoms with E-state index in [9.17, 15) is 4.79 Å². The molecule has 0 unspecified atom stereocenters. The molecule has 0 saturated carbocycles. The fourth-order valence-corrected chi connectivity index (χ4v) is 4.29. The third-order valence-corrected chi connectivity index (χ3v) is 5.58. The highest BCUT2D eigenvalue weighted by Gasteiger charge is 2.31. The van der Waals surface area contributed by atoms with Crippen LogP contribution >= 0.6 is 35.6 Å². The Hall–Kier alpha value is -1.24. The fourth-order valence-electron chi connectivity index (χ4n) is 2.71. The summed E-state index contributed by atoms with van der Waals surface area (Å²) in [6, 6.07) is 7.93. The number of amides is 1. The second-order valence-corrected chi connectivity index (χ2v) is 7.53. The van der Waals surface area contributed by atoms with E-state index in [4.69, 9.17) is 23.8 Å². The van der Waals surface area contributed by atoms with Gasteiger partial charge in [0.25, 0.3) is 5.91 Å². The number of thiocarbonyl (C=S) groups is 1. The van der Waals surface area contributed by atoms with Gasteiger partial charge in [-0.15, -0.1) is 0 Å². The molecule has 23 heavy (non-hydrogen) atoms. The normalized spacial score (nSPS) is 20.8. The van der Waals surface area contributed by atoms with E-state index < -0.39 is 0 Å². The highest BCUT2D eigenvalue weighted by Crippen LogP contribution is 2.31. The lowest BCUT2D eigenvalue weighted by molar-refractivity contribution is -0.122. The Bertz CT molecular complexity index is 656. The van der Waals surface area contributed by atoms with Crippen LogP contribution in [0.2, 0.25) is 5.02 Å². The largest absolute Gasteiger partial charge is 0.373 e. The third kappa shape index (κ3) is 3.65. The van der Waals surface area contributed by atoms with Gasteiger partial charge in [-0.1, -0.05) is 41.6 Å². The van der Waals surface area contributed by atoms with Gasteiger partial charge in [-0.2, -0.15) is 0 Å². The molecule has 0 aromatic heterocycles. The summed E-state index contributed by atoms with van der Waals surface area (Å²) in [4.78, 5) is 19.1. The van der Waals surface area contributed by atoms with Gasteiger partial charge in [0.2, 0.25) is 0 Å². The molecular formula is C16H18ClN3OS2. The van der Waals surface area contributed by atoms with E-state index in [0.717, 1.165) is 41.8 Å². The molecule has 0 bridgehead atoms. The van der Waals surface area contributed by atoms with E-state index in [1.54, 1.807) is 4.90 Å². The number of halogens is 1. The zero-order chi connectivity index (χ0) is 16.4. The standard InChI is InChI=1S/C16H18ClN3OS2/c1-2-20-15(21)14(23-16(20)22)11-18-6-8-19(9-7-18)13-5-3-4-12(17)10-13/h3-5,10-11H,2,6-9H2,1H3. The SMILES string of the molecule is CCN1C(=O)C(=CN2CCN(c3cccc(Cl)c3)CC2)SC1=S. The minimum absolute atomic E-state index is 0.0276. The van der Waals surface area contributed by atoms with Gasteiger partial charge in [0.15, 0.2) is 0 Å². The van der Waals surface area contributed by atoms with Crippen molar-refractivity contribution in [3.8, 4) is 0 Å². The monoisotopic (exact) mass is 367 g/mol. The Labute approximate surface area is 151 Å². The Morgan fingerprint density at radius 1 is 1.30 bits per heavy atom. The minimum atomic E-state index is 0.0276. The lowest BCUT2D eigenvalue weighted by atomic mass is 10.2. The summed E-state index contributed by atoms with van der Waals surface area (Å²) >= 11 is 12.7. The maximum atomic E-state index is 12.2. The first-order valence-corrected chi connectivity index (χ1v) is 9.19. The topological polar surface area (TPSA) is 26.8 Å². The number of anilines is 1. The first-order valence-electron chi connectivity index (χ1n) is 7.58. The Morgan fingerprint density at radius 3 is 2.65 bits per heavy atom. The number of carbonyl (C=O) groups is 1. The predicted octanol–water partition coefficient (Wildman–Crippen LogP) is 3.18. The maximum Gasteiger partial charge on any atom is 0.267 e. The molecule has 2 heterocycles. The van der Waals surface area contributed by atoms with Crippen LogP contribution < -0.4 is 4.90 Å². The van der Waals surface area contributed by atoms with Crippen LogP contribution in [-0.2, 0) is 4.79 Å². The van der Waals surface area contributed by atoms with Gasteiger partial charge in [-0.3, -0.25) is 9.69 Å². The van der Waals surface area contributed by atoms with Crippen molar-refractivity contribution >= 4 is 51.5 Å². The summed E-state index contributed by atoms with van der Waals surface area (Å²) in [6.07, 6.45) is 1.96. The van der Waals surface area contributed by atoms with Crippen LogP contribution in [-0.4, -0.2) is 52.8 Å². The van der Waals surface area contributed by atoms with E-state index in [-0.39, 0.29) is 5.91 Å². The number of rotatable bonds is 3. The summed E-state index contributed by atoms with van der Waals surface area (Å²) < 4.78 is 0.654. The lowest BCUT2D eigenvalue weighted by Gasteiger charge is -2.35. The van der Waals surface area contributed by atoms with Crippen LogP contribution in [0.4, 0.5) is 5.69 Å². The second-order valence-electron chi connectivity index (χ2n) is 5.41. The summed E-state index contributed by atoms with van der Waals surface area (Å²) in [5.41, 5.74) is 1.15. The Balaban J connectivity index is 1.62. The zero-order valence-corrected chi connectivity index (χ0v) is 15.3. The first kappa shape index (κ1) is 16.6. The number of carbonyl (C=O) groups excluding carboxylic acids is 1. The maximum absolute atomic E-state index is 12.2. The zero-order valence-electron chi connectivity index (χ0n) is 12.9. The molecule has 3 rings (SSSR count). The quantitative estimate of drug-likeness (QED) is 0.604. The highest BCUT2D eigenvalue weighted by molar-refractivity contribution is 8.26. The van der Waals surface area contributed by atoms with Crippen molar-refractivity contribution in [2.45, 2.75) is 6.92 Å². The predicted molar refractivity (Wildman–Crippen MR) is 101 cm³/mol. The van der Waals surface area contributed by atoms with E-state index in [0.29, 0.717) is 10.9 Å². The molecule has 1 aromatic carbocycles. The van der Waals surface area contributed by atoms with Crippen LogP contribution in [0.3, 0.4) is 0 Å². The van der Waals surface area contributed by atoms with Gasteiger partial charge < -0.3 is 9.80 Å². The van der Waals surface area contributed by atoms with Gasteiger partial charge in [0, 0.05) is 49.6 Å². The van der Waals surface area contributed by atoms with Crippen LogP contribution in [0.25, 0.3) is 0 Å². The molecule has 0 radical (unpaired) electrons. The van der Waals surface area contributed by atoms with Crippen molar-refractivity contribution in [1.29, 1.82) is 0 Å². The number of benzene rings is 1. The Kier molecular flexibility index (Phi) is 5.14. The number of likely N-dealkylation sites (N-methyl/N-ethyl adjacent to an activating group) is 1. The molecule has 7 heteroatoms. The summed E-state index contributed by atoms with van der Waals surface area (Å²) in [5.74, 6) is 0.0276. The molecule has 2 aliphatic heterocycles. The van der Waals surface area contributed by atoms with Crippen LogP contribution in [0.15, 0.2) is 35.4 Å². The van der Waals surface area contributed by atoms with Crippen LogP contribution in [0, 0.1) is 0 Å². The van der Waals surface area contributed by atoms with Crippen molar-refractivity contribution in [2.24, 2.45) is 0 Å². The minimum Gasteiger partial charge on any atom is -0.373 e. The highest BCUT2D eigenvalue weighted by atomic mass is 35.5. The van der Waals surface area contributed by atoms with Gasteiger partial charge in [-0.25, -0.2) is 0 Å². The van der Waals surface area contributed by atoms with Crippen molar-refractivity contribution < 1.29 is 4.79 Å². The third-order valence-electron chi connectivity index (χ3n) is 3.98. The summed E-state index contributed by atoms with van der Waals surface area (Å²) in [7, 11) is 0. The second kappa shape index (κ2) is 7.11. The van der Waals surface area contributed by atoms with E-state index in [1.807, 2.05) is 31.3 Å². The number of nitrogens with zero attached hydrogens (tertiary/aromatic N) is 3. The lowest BCUT2D eigenvalue weighted by Crippen LogP contribution is -2.44. The first-order chi connectivity index (χ1) is 11.1. The summed E-state index contributed by atoms with van der Waals surface area (Å²) in [6.45, 7) is 6.14. The van der Waals surface area contributed by atoms with Crippen molar-refractivity contribution in [2.75, 3.05) is 37.6 Å². The molecule has 0 atom stereocenters. The van der Waals surface area contributed by atoms with Gasteiger partial charge in [0.05, 0.1) is 4.91 Å². The van der Waals surface area contributed by atoms with Crippen molar-refractivity contribution in [3.05, 3.63) is 40.4 Å². The van der Waals surface area contributed by atoms with Gasteiger partial charge in [-0.05, 0) is 25.1 Å². The number of thioether (sulfide) groups is 1. The molecule has 2 aliphatic rings. The fraction of sp³-hybridized carbons (Fsp3) is 0.375. The van der Waals surface area contributed by atoms with E-state index >= 15 is 0 Å². The smallest absolute Gasteiger partial charge is 0.267 e. The van der Waals surface area contributed by atoms with Crippen molar-refractivity contribution in [3.63, 3.8) is 0 Å². The molecule has 0 spiro atoms. The van der Waals surface area contributed by atoms with E-state index in [2.05, 4.69) is 15.9 Å². The molecule has 2 saturated heterocycles. The Morgan fingerprint density at radius 2 is 2.04 bits per heavy atom. The van der Waals surface area contributed by atoms with Crippen LogP contribution in [0.5, 0.6) is 0 Å². The molecule has 4 nitrogen and oxygen atoms in total. The molecule has 1 amide bonds. The molecule has 0 N–H and O–H groups in total. The molecule has 2 fully saturated rings. The van der Waals surface area contributed by atoms with Gasteiger partial charge >= 0.3 is 0 Å². The number of hydrogen-bond donors (Lipinski definition) is 0. The molecule has 1 aromatic rings. The van der Waals surface area contributed by atoms with Crippen LogP contribution in [0.1, 0.15) is 6.92 Å². The molecule has 122 valence electrons. The average Bonchev–Trinajstić information content (AvgIpc) is 2.81. The van der Waals surface area contributed by atoms with Gasteiger partial charge in [0.1, 0.15) is 4.32 Å². The average molecular weight is 368 g/mol. The summed E-state index contributed by atoms with van der Waals surface area (Å²) in [5, 5.41) is 0.758. The van der Waals surface area contributed by atoms with Crippen molar-refractivity contribution in [1.82, 2.24) is 9.80 Å². The number of piperazine rings is 1. The molecular weight excluding hydrogens is 350 g/mol. The number of hydrogen-bond acceptors (Lipinski definition) is 5.